The van der Waals surface area contributed by atoms with Crippen molar-refractivity contribution in [2.75, 3.05) is 19.6 Å². The predicted octanol–water partition coefficient (Wildman–Crippen LogP) is 0.666. The van der Waals surface area contributed by atoms with Crippen LogP contribution in [0.1, 0.15) is 33.0 Å². The van der Waals surface area contributed by atoms with E-state index in [0.29, 0.717) is 31.9 Å². The van der Waals surface area contributed by atoms with Gasteiger partial charge in [-0.1, -0.05) is 5.16 Å². The van der Waals surface area contributed by atoms with Gasteiger partial charge in [0.05, 0.1) is 12.0 Å². The van der Waals surface area contributed by atoms with Crippen molar-refractivity contribution in [3.8, 4) is 0 Å². The van der Waals surface area contributed by atoms with Crippen LogP contribution in [0.15, 0.2) is 10.9 Å². The molecule has 1 aromatic heterocycles. The van der Waals surface area contributed by atoms with E-state index < -0.39 is 23.2 Å². The summed E-state index contributed by atoms with van der Waals surface area (Å²) >= 11 is 0. The molecule has 2 heterocycles. The number of aromatic nitrogens is 2. The molecule has 1 aliphatic rings. The third-order valence-electron chi connectivity index (χ3n) is 3.38. The number of aliphatic carboxylic acids is 1. The highest BCUT2D eigenvalue weighted by atomic mass is 16.6. The lowest BCUT2D eigenvalue weighted by Crippen LogP contribution is -2.71. The highest BCUT2D eigenvalue weighted by Gasteiger charge is 2.47. The van der Waals surface area contributed by atoms with Crippen molar-refractivity contribution in [3.05, 3.63) is 12.2 Å². The van der Waals surface area contributed by atoms with E-state index >= 15 is 0 Å². The Morgan fingerprint density at radius 3 is 2.70 bits per heavy atom. The summed E-state index contributed by atoms with van der Waals surface area (Å²) in [5, 5.41) is 16.0. The summed E-state index contributed by atoms with van der Waals surface area (Å²) in [7, 11) is 0. The molecule has 2 rings (SSSR count). The van der Waals surface area contributed by atoms with Crippen LogP contribution in [0.5, 0.6) is 0 Å². The molecule has 1 saturated heterocycles. The predicted molar refractivity (Wildman–Crippen MR) is 78.8 cm³/mol. The zero-order valence-corrected chi connectivity index (χ0v) is 13.5. The van der Waals surface area contributed by atoms with E-state index in [4.69, 9.17) is 9.84 Å². The molecule has 2 N–H and O–H groups in total. The number of carboxylic acids is 1. The number of carboxylic acid groups (broad SMARTS) is 1. The number of nitrogens with zero attached hydrogens (tertiary/aromatic N) is 3. The van der Waals surface area contributed by atoms with Gasteiger partial charge < -0.3 is 24.6 Å². The summed E-state index contributed by atoms with van der Waals surface area (Å²) in [6.45, 7) is 6.45. The van der Waals surface area contributed by atoms with Crippen molar-refractivity contribution in [2.24, 2.45) is 0 Å². The van der Waals surface area contributed by atoms with Crippen molar-refractivity contribution >= 4 is 12.1 Å². The quantitative estimate of drug-likeness (QED) is 0.783. The van der Waals surface area contributed by atoms with Crippen LogP contribution >= 0.6 is 0 Å². The number of likely N-dealkylation sites (tertiary alicyclic amines) is 1. The number of ether oxygens (including phenoxy) is 1. The molecule has 1 aliphatic heterocycles. The SMILES string of the molecule is CC(C)(C)OC(=O)N1CC(CC(=O)O)(NCCc2ncon2)C1. The van der Waals surface area contributed by atoms with Gasteiger partial charge in [-0.15, -0.1) is 0 Å². The van der Waals surface area contributed by atoms with Gasteiger partial charge in [-0.3, -0.25) is 4.79 Å². The molecule has 0 atom stereocenters. The van der Waals surface area contributed by atoms with Gasteiger partial charge in [0, 0.05) is 26.1 Å². The first-order valence-corrected chi connectivity index (χ1v) is 7.39. The largest absolute Gasteiger partial charge is 0.481 e. The zero-order chi connectivity index (χ0) is 17.1. The van der Waals surface area contributed by atoms with Gasteiger partial charge in [0.2, 0.25) is 6.39 Å². The number of hydrogen-bond donors (Lipinski definition) is 2. The van der Waals surface area contributed by atoms with Crippen LogP contribution < -0.4 is 5.32 Å². The van der Waals surface area contributed by atoms with Crippen LogP contribution in [-0.2, 0) is 16.0 Å². The second-order valence-corrected chi connectivity index (χ2v) is 6.71. The fourth-order valence-electron chi connectivity index (χ4n) is 2.46. The number of nitrogens with one attached hydrogen (secondary N) is 1. The average molecular weight is 326 g/mol. The molecule has 23 heavy (non-hydrogen) atoms. The highest BCUT2D eigenvalue weighted by Crippen LogP contribution is 2.26. The molecule has 0 aromatic carbocycles. The highest BCUT2D eigenvalue weighted by molar-refractivity contribution is 5.73. The Hall–Kier alpha value is -2.16. The van der Waals surface area contributed by atoms with Crippen LogP contribution in [0.2, 0.25) is 0 Å². The smallest absolute Gasteiger partial charge is 0.410 e. The lowest BCUT2D eigenvalue weighted by atomic mass is 9.86. The van der Waals surface area contributed by atoms with Crippen molar-refractivity contribution in [3.63, 3.8) is 0 Å². The Bertz CT molecular complexity index is 546. The zero-order valence-electron chi connectivity index (χ0n) is 13.5. The molecule has 1 aromatic rings. The van der Waals surface area contributed by atoms with Crippen molar-refractivity contribution in [1.82, 2.24) is 20.4 Å². The van der Waals surface area contributed by atoms with Gasteiger partial charge in [-0.25, -0.2) is 4.79 Å². The van der Waals surface area contributed by atoms with E-state index in [1.54, 1.807) is 20.8 Å². The number of carbonyl (C=O) groups excluding carboxylic acids is 1. The second kappa shape index (κ2) is 6.53. The maximum Gasteiger partial charge on any atom is 0.410 e. The first-order chi connectivity index (χ1) is 10.7. The molecule has 9 heteroatoms. The molecule has 0 aliphatic carbocycles. The van der Waals surface area contributed by atoms with E-state index in [-0.39, 0.29) is 6.42 Å². The molecule has 0 saturated carbocycles. The molecule has 128 valence electrons. The lowest BCUT2D eigenvalue weighted by Gasteiger charge is -2.49. The van der Waals surface area contributed by atoms with Gasteiger partial charge in [0.25, 0.3) is 0 Å². The van der Waals surface area contributed by atoms with E-state index in [1.807, 2.05) is 0 Å². The van der Waals surface area contributed by atoms with Gasteiger partial charge in [0.15, 0.2) is 5.82 Å². The molecule has 0 spiro atoms. The summed E-state index contributed by atoms with van der Waals surface area (Å²) in [6, 6.07) is 0. The van der Waals surface area contributed by atoms with E-state index in [1.165, 1.54) is 11.3 Å². The summed E-state index contributed by atoms with van der Waals surface area (Å²) in [4.78, 5) is 28.5. The van der Waals surface area contributed by atoms with E-state index in [9.17, 15) is 9.59 Å². The lowest BCUT2D eigenvalue weighted by molar-refractivity contribution is -0.141. The Morgan fingerprint density at radius 2 is 2.17 bits per heavy atom. The average Bonchev–Trinajstić information content (AvgIpc) is 2.85. The molecule has 1 amide bonds. The summed E-state index contributed by atoms with van der Waals surface area (Å²) in [5.74, 6) is -0.368. The number of hydrogen-bond acceptors (Lipinski definition) is 7. The maximum absolute atomic E-state index is 12.0. The minimum absolute atomic E-state index is 0.0709. The first kappa shape index (κ1) is 17.2. The van der Waals surface area contributed by atoms with Gasteiger partial charge in [-0.2, -0.15) is 4.98 Å². The van der Waals surface area contributed by atoms with Crippen LogP contribution in [0.4, 0.5) is 4.79 Å². The van der Waals surface area contributed by atoms with Crippen LogP contribution in [0, 0.1) is 0 Å². The molecular weight excluding hydrogens is 304 g/mol. The molecule has 1 fully saturated rings. The van der Waals surface area contributed by atoms with Crippen LogP contribution in [-0.4, -0.2) is 63.0 Å². The summed E-state index contributed by atoms with van der Waals surface area (Å²) in [6.07, 6.45) is 1.26. The van der Waals surface area contributed by atoms with Crippen LogP contribution in [0.3, 0.4) is 0 Å². The van der Waals surface area contributed by atoms with Crippen molar-refractivity contribution in [1.29, 1.82) is 0 Å². The minimum atomic E-state index is -0.916. The summed E-state index contributed by atoms with van der Waals surface area (Å²) < 4.78 is 9.93. The monoisotopic (exact) mass is 326 g/mol. The third-order valence-corrected chi connectivity index (χ3v) is 3.38. The van der Waals surface area contributed by atoms with E-state index in [2.05, 4.69) is 20.0 Å². The fraction of sp³-hybridized carbons (Fsp3) is 0.714. The number of rotatable bonds is 6. The fourth-order valence-corrected chi connectivity index (χ4v) is 2.46. The topological polar surface area (TPSA) is 118 Å². The molecule has 9 nitrogen and oxygen atoms in total. The first-order valence-electron chi connectivity index (χ1n) is 7.39. The molecular formula is C14H22N4O5. The van der Waals surface area contributed by atoms with Crippen molar-refractivity contribution in [2.45, 2.75) is 44.8 Å². The van der Waals surface area contributed by atoms with Crippen molar-refractivity contribution < 1.29 is 24.0 Å². The van der Waals surface area contributed by atoms with Gasteiger partial charge in [-0.05, 0) is 20.8 Å². The normalized spacial score (nSPS) is 16.7. The third kappa shape index (κ3) is 4.92. The molecule has 0 bridgehead atoms. The maximum atomic E-state index is 12.0. The van der Waals surface area contributed by atoms with Gasteiger partial charge in [0.1, 0.15) is 5.60 Å². The molecule has 0 unspecified atom stereocenters. The van der Waals surface area contributed by atoms with E-state index in [0.717, 1.165) is 0 Å². The van der Waals surface area contributed by atoms with Crippen LogP contribution in [0.25, 0.3) is 0 Å². The Labute approximate surface area is 134 Å². The Kier molecular flexibility index (Phi) is 4.88. The number of carbonyl (C=O) groups is 2. The minimum Gasteiger partial charge on any atom is -0.481 e. The number of amides is 1. The Balaban J connectivity index is 1.86. The van der Waals surface area contributed by atoms with Gasteiger partial charge >= 0.3 is 12.1 Å². The Morgan fingerprint density at radius 1 is 1.48 bits per heavy atom. The second-order valence-electron chi connectivity index (χ2n) is 6.71. The molecule has 0 radical (unpaired) electrons. The summed E-state index contributed by atoms with van der Waals surface area (Å²) in [5.41, 5.74) is -1.22. The standard InChI is InChI=1S/C14H22N4O5/c1-13(2,3)23-12(21)18-7-14(8-18,6-11(19)20)16-5-4-10-15-9-22-17-10/h9,16H,4-8H2,1-3H3,(H,19,20).